The molecular formula is C21H30N2O6S. The van der Waals surface area contributed by atoms with Gasteiger partial charge in [-0.3, -0.25) is 4.72 Å². The van der Waals surface area contributed by atoms with Gasteiger partial charge in [-0.25, -0.2) is 8.42 Å². The topological polar surface area (TPSA) is 117 Å². The second-order valence-electron chi connectivity index (χ2n) is 6.94. The molecule has 2 rings (SSSR count). The molecule has 30 heavy (non-hydrogen) atoms. The predicted octanol–water partition coefficient (Wildman–Crippen LogP) is 2.77. The van der Waals surface area contributed by atoms with E-state index in [0.717, 1.165) is 11.8 Å². The van der Waals surface area contributed by atoms with Crippen LogP contribution in [0, 0.1) is 0 Å². The molecule has 166 valence electrons. The zero-order chi connectivity index (χ0) is 22.3. The molecule has 0 heterocycles. The maximum atomic E-state index is 11.5. The van der Waals surface area contributed by atoms with Gasteiger partial charge < -0.3 is 25.0 Å². The van der Waals surface area contributed by atoms with Crippen LogP contribution in [0.3, 0.4) is 0 Å². The lowest BCUT2D eigenvalue weighted by molar-refractivity contribution is 0.135. The zero-order valence-electron chi connectivity index (χ0n) is 17.7. The summed E-state index contributed by atoms with van der Waals surface area (Å²) in [5.74, 6) is 1.21. The van der Waals surface area contributed by atoms with Gasteiger partial charge in [0.25, 0.3) is 0 Å². The number of hydrogen-bond donors (Lipinski definition) is 4. The fourth-order valence-corrected chi connectivity index (χ4v) is 3.49. The van der Waals surface area contributed by atoms with E-state index in [1.807, 2.05) is 39.0 Å². The molecule has 0 aliphatic heterocycles. The Hall–Kier alpha value is -2.49. The van der Waals surface area contributed by atoms with Crippen LogP contribution >= 0.6 is 0 Å². The van der Waals surface area contributed by atoms with Gasteiger partial charge in [-0.05, 0) is 56.2 Å². The first-order chi connectivity index (χ1) is 14.1. The highest BCUT2D eigenvalue weighted by Crippen LogP contribution is 2.29. The van der Waals surface area contributed by atoms with Gasteiger partial charge in [0.15, 0.2) is 0 Å². The molecule has 0 saturated heterocycles. The van der Waals surface area contributed by atoms with E-state index in [9.17, 15) is 18.6 Å². The van der Waals surface area contributed by atoms with Crippen molar-refractivity contribution in [3.05, 3.63) is 47.5 Å². The second-order valence-corrected chi connectivity index (χ2v) is 8.69. The van der Waals surface area contributed by atoms with E-state index in [4.69, 9.17) is 9.47 Å². The summed E-state index contributed by atoms with van der Waals surface area (Å²) in [4.78, 5) is 0. The van der Waals surface area contributed by atoms with Gasteiger partial charge in [0.1, 0.15) is 17.2 Å². The van der Waals surface area contributed by atoms with Crippen molar-refractivity contribution < 1.29 is 28.1 Å². The Kier molecular flexibility index (Phi) is 8.33. The van der Waals surface area contributed by atoms with Crippen molar-refractivity contribution in [1.29, 1.82) is 0 Å². The maximum Gasteiger partial charge on any atom is 0.229 e. The van der Waals surface area contributed by atoms with Crippen molar-refractivity contribution >= 4 is 15.7 Å². The quantitative estimate of drug-likeness (QED) is 0.399. The Balaban J connectivity index is 2.11. The van der Waals surface area contributed by atoms with Crippen LogP contribution in [-0.2, 0) is 16.6 Å². The Bertz CT molecular complexity index is 924. The molecule has 0 radical (unpaired) electrons. The zero-order valence-corrected chi connectivity index (χ0v) is 18.5. The number of aromatic hydroxyl groups is 1. The third-order valence-corrected chi connectivity index (χ3v) is 4.91. The number of anilines is 1. The lowest BCUT2D eigenvalue weighted by Gasteiger charge is -2.22. The third-order valence-electron chi connectivity index (χ3n) is 4.32. The van der Waals surface area contributed by atoms with Crippen LogP contribution in [0.2, 0.25) is 0 Å². The maximum absolute atomic E-state index is 11.5. The van der Waals surface area contributed by atoms with Gasteiger partial charge in [0.05, 0.1) is 31.3 Å². The van der Waals surface area contributed by atoms with Gasteiger partial charge in [-0.15, -0.1) is 0 Å². The van der Waals surface area contributed by atoms with E-state index in [1.54, 1.807) is 6.07 Å². The highest BCUT2D eigenvalue weighted by atomic mass is 32.2. The number of benzene rings is 2. The minimum Gasteiger partial charge on any atom is -0.506 e. The molecule has 2 aromatic carbocycles. The molecule has 0 fully saturated rings. The Morgan fingerprint density at radius 2 is 1.63 bits per heavy atom. The average Bonchev–Trinajstić information content (AvgIpc) is 2.66. The van der Waals surface area contributed by atoms with E-state index in [1.165, 1.54) is 12.1 Å². The Morgan fingerprint density at radius 1 is 1.03 bits per heavy atom. The van der Waals surface area contributed by atoms with Crippen molar-refractivity contribution in [3.8, 4) is 17.2 Å². The van der Waals surface area contributed by atoms with Crippen molar-refractivity contribution in [2.75, 3.05) is 24.2 Å². The second kappa shape index (κ2) is 10.5. The normalized spacial score (nSPS) is 13.5. The van der Waals surface area contributed by atoms with Crippen molar-refractivity contribution in [2.45, 2.75) is 39.5 Å². The summed E-state index contributed by atoms with van der Waals surface area (Å²) in [6.07, 6.45) is 0.0687. The summed E-state index contributed by atoms with van der Waals surface area (Å²) in [7, 11) is -3.56. The summed E-state index contributed by atoms with van der Waals surface area (Å²) >= 11 is 0. The van der Waals surface area contributed by atoms with Crippen LogP contribution in [0.4, 0.5) is 5.69 Å². The number of aliphatic hydroxyl groups is 1. The van der Waals surface area contributed by atoms with Crippen molar-refractivity contribution in [2.24, 2.45) is 0 Å². The number of ether oxygens (including phenoxy) is 2. The van der Waals surface area contributed by atoms with Gasteiger partial charge in [0, 0.05) is 18.7 Å². The van der Waals surface area contributed by atoms with E-state index >= 15 is 0 Å². The molecule has 4 N–H and O–H groups in total. The summed E-state index contributed by atoms with van der Waals surface area (Å²) in [6, 6.07) is 9.61. The number of aliphatic hydroxyl groups excluding tert-OH is 1. The fourth-order valence-electron chi connectivity index (χ4n) is 2.93. The van der Waals surface area contributed by atoms with Crippen LogP contribution in [0.15, 0.2) is 36.4 Å². The number of rotatable bonds is 11. The number of phenolic OH excluding ortho intramolecular Hbond substituents is 1. The molecule has 9 heteroatoms. The molecule has 0 aliphatic rings. The standard InChI is InChI=1S/C21H30N2O6S/c1-5-28-17-9-15(10-18(12-17)29-6-2)13-22-14(3)21(25)16-7-8-20(24)19(11-16)23-30(4,26)27/h7-12,14,21-25H,5-6,13H2,1-4H3. The third kappa shape index (κ3) is 7.08. The van der Waals surface area contributed by atoms with Gasteiger partial charge in [0.2, 0.25) is 10.0 Å². The molecule has 8 nitrogen and oxygen atoms in total. The molecule has 0 bridgehead atoms. The van der Waals surface area contributed by atoms with Crippen LogP contribution in [-0.4, -0.2) is 44.1 Å². The summed E-state index contributed by atoms with van der Waals surface area (Å²) in [5.41, 5.74) is 1.43. The Labute approximate surface area is 177 Å². The molecule has 0 aliphatic carbocycles. The lowest BCUT2D eigenvalue weighted by atomic mass is 10.0. The first kappa shape index (κ1) is 23.8. The van der Waals surface area contributed by atoms with E-state index in [-0.39, 0.29) is 17.5 Å². The summed E-state index contributed by atoms with van der Waals surface area (Å²) in [6.45, 7) is 7.19. The van der Waals surface area contributed by atoms with E-state index < -0.39 is 16.1 Å². The highest BCUT2D eigenvalue weighted by Gasteiger charge is 2.18. The molecule has 2 aromatic rings. The molecule has 0 aromatic heterocycles. The average molecular weight is 439 g/mol. The highest BCUT2D eigenvalue weighted by molar-refractivity contribution is 7.92. The molecule has 2 unspecified atom stereocenters. The molecule has 0 amide bonds. The number of phenols is 1. The minimum atomic E-state index is -3.56. The van der Waals surface area contributed by atoms with E-state index in [0.29, 0.717) is 36.8 Å². The number of nitrogens with one attached hydrogen (secondary N) is 2. The van der Waals surface area contributed by atoms with Crippen LogP contribution in [0.1, 0.15) is 38.0 Å². The Morgan fingerprint density at radius 3 is 2.17 bits per heavy atom. The predicted molar refractivity (Wildman–Crippen MR) is 117 cm³/mol. The van der Waals surface area contributed by atoms with Crippen molar-refractivity contribution in [1.82, 2.24) is 5.32 Å². The smallest absolute Gasteiger partial charge is 0.229 e. The molecule has 0 saturated carbocycles. The van der Waals surface area contributed by atoms with E-state index in [2.05, 4.69) is 10.0 Å². The molecule has 2 atom stereocenters. The van der Waals surface area contributed by atoms with Crippen LogP contribution in [0.5, 0.6) is 17.2 Å². The fraction of sp³-hybridized carbons (Fsp3) is 0.429. The summed E-state index contributed by atoms with van der Waals surface area (Å²) < 4.78 is 36.3. The SMILES string of the molecule is CCOc1cc(CNC(C)C(O)c2ccc(O)c(NS(C)(=O)=O)c2)cc(OCC)c1. The summed E-state index contributed by atoms with van der Waals surface area (Å²) in [5, 5.41) is 23.8. The van der Waals surface area contributed by atoms with Gasteiger partial charge in [-0.2, -0.15) is 0 Å². The van der Waals surface area contributed by atoms with Crippen LogP contribution in [0.25, 0.3) is 0 Å². The number of sulfonamides is 1. The van der Waals surface area contributed by atoms with Crippen LogP contribution < -0.4 is 19.5 Å². The van der Waals surface area contributed by atoms with Gasteiger partial charge in [-0.1, -0.05) is 6.07 Å². The lowest BCUT2D eigenvalue weighted by Crippen LogP contribution is -2.31. The minimum absolute atomic E-state index is 0.0204. The van der Waals surface area contributed by atoms with Gasteiger partial charge >= 0.3 is 0 Å². The molecular weight excluding hydrogens is 408 g/mol. The van der Waals surface area contributed by atoms with Crippen molar-refractivity contribution in [3.63, 3.8) is 0 Å². The number of hydrogen-bond acceptors (Lipinski definition) is 7. The molecule has 0 spiro atoms. The first-order valence-electron chi connectivity index (χ1n) is 9.74. The monoisotopic (exact) mass is 438 g/mol. The first-order valence-corrected chi connectivity index (χ1v) is 11.6. The largest absolute Gasteiger partial charge is 0.506 e.